The van der Waals surface area contributed by atoms with E-state index in [9.17, 15) is 4.79 Å². The summed E-state index contributed by atoms with van der Waals surface area (Å²) in [5.41, 5.74) is 0.649. The van der Waals surface area contributed by atoms with E-state index in [1.807, 2.05) is 27.7 Å². The van der Waals surface area contributed by atoms with Gasteiger partial charge in [-0.2, -0.15) is 0 Å². The lowest BCUT2D eigenvalue weighted by atomic mass is 10.2. The van der Waals surface area contributed by atoms with Crippen molar-refractivity contribution >= 4 is 47.4 Å². The van der Waals surface area contributed by atoms with E-state index in [0.29, 0.717) is 13.1 Å². The average molecular weight is 511 g/mol. The van der Waals surface area contributed by atoms with Gasteiger partial charge in [0.2, 0.25) is 0 Å². The number of thiazole rings is 1. The van der Waals surface area contributed by atoms with Crippen molar-refractivity contribution in [2.45, 2.75) is 59.5 Å². The number of carbonyl (C=O) groups is 1. The lowest BCUT2D eigenvalue weighted by Crippen LogP contribution is -2.38. The molecule has 0 aliphatic carbocycles. The Kier molecular flexibility index (Phi) is 13.4. The van der Waals surface area contributed by atoms with Crippen LogP contribution in [0.4, 0.5) is 4.79 Å². The SMILES string of the molecule is CCNC(=NCCCNC(=O)OC(C)(C)C)NCCc1csc(CC)n1.I. The molecule has 0 saturated carbocycles. The molecule has 0 fully saturated rings. The van der Waals surface area contributed by atoms with E-state index in [1.54, 1.807) is 11.3 Å². The normalized spacial score (nSPS) is 11.5. The van der Waals surface area contributed by atoms with Gasteiger partial charge in [0.05, 0.1) is 10.7 Å². The van der Waals surface area contributed by atoms with Gasteiger partial charge in [-0.05, 0) is 40.5 Å². The molecule has 3 N–H and O–H groups in total. The minimum Gasteiger partial charge on any atom is -0.444 e. The van der Waals surface area contributed by atoms with Crippen molar-refractivity contribution < 1.29 is 9.53 Å². The molecule has 1 aromatic heterocycles. The maximum Gasteiger partial charge on any atom is 0.407 e. The minimum atomic E-state index is -0.473. The molecule has 1 heterocycles. The maximum atomic E-state index is 11.6. The van der Waals surface area contributed by atoms with Crippen LogP contribution in [0.15, 0.2) is 10.4 Å². The summed E-state index contributed by atoms with van der Waals surface area (Å²) in [5, 5.41) is 12.6. The fourth-order valence-electron chi connectivity index (χ4n) is 2.05. The number of halogens is 1. The summed E-state index contributed by atoms with van der Waals surface area (Å²) in [6.07, 6.45) is 2.23. The Morgan fingerprint density at radius 3 is 2.56 bits per heavy atom. The summed E-state index contributed by atoms with van der Waals surface area (Å²) in [6.45, 7) is 12.5. The first-order valence-corrected chi connectivity index (χ1v) is 10.1. The molecule has 0 saturated heterocycles. The van der Waals surface area contributed by atoms with Gasteiger partial charge in [-0.25, -0.2) is 9.78 Å². The van der Waals surface area contributed by atoms with E-state index in [4.69, 9.17) is 4.74 Å². The third kappa shape index (κ3) is 12.8. The van der Waals surface area contributed by atoms with Gasteiger partial charge >= 0.3 is 6.09 Å². The van der Waals surface area contributed by atoms with Crippen molar-refractivity contribution in [2.24, 2.45) is 4.99 Å². The van der Waals surface area contributed by atoms with Crippen LogP contribution in [0.3, 0.4) is 0 Å². The molecule has 0 aliphatic rings. The lowest BCUT2D eigenvalue weighted by Gasteiger charge is -2.19. The topological polar surface area (TPSA) is 87.6 Å². The van der Waals surface area contributed by atoms with E-state index in [2.05, 4.69) is 38.2 Å². The molecule has 1 rings (SSSR count). The highest BCUT2D eigenvalue weighted by molar-refractivity contribution is 14.0. The minimum absolute atomic E-state index is 0. The molecule has 1 amide bonds. The number of ether oxygens (including phenoxy) is 1. The molecule has 27 heavy (non-hydrogen) atoms. The third-order valence-electron chi connectivity index (χ3n) is 3.19. The van der Waals surface area contributed by atoms with Crippen LogP contribution in [0.25, 0.3) is 0 Å². The molecule has 0 spiro atoms. The Labute approximate surface area is 184 Å². The van der Waals surface area contributed by atoms with Gasteiger partial charge in [0.1, 0.15) is 5.60 Å². The van der Waals surface area contributed by atoms with Gasteiger partial charge in [0, 0.05) is 38.0 Å². The van der Waals surface area contributed by atoms with Crippen LogP contribution in [-0.2, 0) is 17.6 Å². The number of carbonyl (C=O) groups excluding carboxylic acids is 1. The number of aryl methyl sites for hydroxylation is 1. The van der Waals surface area contributed by atoms with E-state index in [0.717, 1.165) is 44.0 Å². The Bertz CT molecular complexity index is 572. The number of guanidine groups is 1. The number of rotatable bonds is 9. The fraction of sp³-hybridized carbons (Fsp3) is 0.722. The predicted molar refractivity (Wildman–Crippen MR) is 123 cm³/mol. The summed E-state index contributed by atoms with van der Waals surface area (Å²) < 4.78 is 5.19. The van der Waals surface area contributed by atoms with Crippen LogP contribution in [0.5, 0.6) is 0 Å². The fourth-order valence-corrected chi connectivity index (χ4v) is 2.83. The molecule has 0 bridgehead atoms. The average Bonchev–Trinajstić information content (AvgIpc) is 3.00. The van der Waals surface area contributed by atoms with E-state index in [1.165, 1.54) is 5.01 Å². The van der Waals surface area contributed by atoms with Crippen LogP contribution < -0.4 is 16.0 Å². The van der Waals surface area contributed by atoms with Crippen LogP contribution in [0.2, 0.25) is 0 Å². The summed E-state index contributed by atoms with van der Waals surface area (Å²) in [6, 6.07) is 0. The first kappa shape index (κ1) is 25.9. The molecule has 1 aromatic rings. The van der Waals surface area contributed by atoms with Crippen LogP contribution in [-0.4, -0.2) is 48.8 Å². The van der Waals surface area contributed by atoms with Crippen molar-refractivity contribution in [3.63, 3.8) is 0 Å². The van der Waals surface area contributed by atoms with Gasteiger partial charge in [0.15, 0.2) is 5.96 Å². The molecule has 0 radical (unpaired) electrons. The maximum absolute atomic E-state index is 11.6. The lowest BCUT2D eigenvalue weighted by molar-refractivity contribution is 0.0527. The standard InChI is InChI=1S/C18H33N5O2S.HI/c1-6-15-23-14(13-26-15)9-12-21-16(19-7-2)20-10-8-11-22-17(24)25-18(3,4)5;/h13H,6-12H2,1-5H3,(H,22,24)(H2,19,20,21);1H. The molecule has 0 aromatic carbocycles. The second kappa shape index (κ2) is 14.0. The highest BCUT2D eigenvalue weighted by Crippen LogP contribution is 2.10. The highest BCUT2D eigenvalue weighted by atomic mass is 127. The second-order valence-corrected chi connectivity index (χ2v) is 7.75. The summed E-state index contributed by atoms with van der Waals surface area (Å²) in [4.78, 5) is 20.6. The van der Waals surface area contributed by atoms with E-state index < -0.39 is 5.60 Å². The molecular formula is C18H34IN5O2S. The molecule has 0 atom stereocenters. The zero-order chi connectivity index (χ0) is 19.4. The Hall–Kier alpha value is -1.10. The van der Waals surface area contributed by atoms with Crippen LogP contribution in [0, 0.1) is 0 Å². The first-order valence-electron chi connectivity index (χ1n) is 9.26. The third-order valence-corrected chi connectivity index (χ3v) is 4.23. The van der Waals surface area contributed by atoms with Crippen molar-refractivity contribution in [2.75, 3.05) is 26.2 Å². The van der Waals surface area contributed by atoms with Crippen LogP contribution >= 0.6 is 35.3 Å². The molecule has 9 heteroatoms. The molecule has 156 valence electrons. The predicted octanol–water partition coefficient (Wildman–Crippen LogP) is 3.34. The number of alkyl carbamates (subject to hydrolysis) is 1. The first-order chi connectivity index (χ1) is 12.3. The van der Waals surface area contributed by atoms with Gasteiger partial charge < -0.3 is 20.7 Å². The van der Waals surface area contributed by atoms with Gasteiger partial charge in [0.25, 0.3) is 0 Å². The Morgan fingerprint density at radius 2 is 1.96 bits per heavy atom. The zero-order valence-electron chi connectivity index (χ0n) is 17.1. The van der Waals surface area contributed by atoms with E-state index >= 15 is 0 Å². The number of nitrogens with zero attached hydrogens (tertiary/aromatic N) is 2. The van der Waals surface area contributed by atoms with Gasteiger partial charge in [-0.1, -0.05) is 6.92 Å². The number of hydrogen-bond donors (Lipinski definition) is 3. The van der Waals surface area contributed by atoms with Gasteiger partial charge in [-0.3, -0.25) is 4.99 Å². The number of aromatic nitrogens is 1. The molecule has 0 aliphatic heterocycles. The second-order valence-electron chi connectivity index (χ2n) is 6.81. The van der Waals surface area contributed by atoms with Crippen LogP contribution in [0.1, 0.15) is 51.7 Å². The Morgan fingerprint density at radius 1 is 1.22 bits per heavy atom. The Balaban J connectivity index is 0.00000676. The summed E-state index contributed by atoms with van der Waals surface area (Å²) >= 11 is 1.71. The van der Waals surface area contributed by atoms with Crippen molar-refractivity contribution in [1.29, 1.82) is 0 Å². The number of hydrogen-bond acceptors (Lipinski definition) is 5. The van der Waals surface area contributed by atoms with Crippen molar-refractivity contribution in [3.05, 3.63) is 16.1 Å². The number of amides is 1. The number of nitrogens with one attached hydrogen (secondary N) is 3. The molecular weight excluding hydrogens is 477 g/mol. The van der Waals surface area contributed by atoms with Gasteiger partial charge in [-0.15, -0.1) is 35.3 Å². The zero-order valence-corrected chi connectivity index (χ0v) is 20.2. The summed E-state index contributed by atoms with van der Waals surface area (Å²) in [5.74, 6) is 0.788. The highest BCUT2D eigenvalue weighted by Gasteiger charge is 2.15. The summed E-state index contributed by atoms with van der Waals surface area (Å²) in [7, 11) is 0. The van der Waals surface area contributed by atoms with Crippen molar-refractivity contribution in [3.8, 4) is 0 Å². The quantitative estimate of drug-likeness (QED) is 0.205. The number of aliphatic imine (C=N–C) groups is 1. The smallest absolute Gasteiger partial charge is 0.407 e. The van der Waals surface area contributed by atoms with Crippen molar-refractivity contribution in [1.82, 2.24) is 20.9 Å². The largest absolute Gasteiger partial charge is 0.444 e. The monoisotopic (exact) mass is 511 g/mol. The molecule has 7 nitrogen and oxygen atoms in total. The molecule has 0 unspecified atom stereocenters. The van der Waals surface area contributed by atoms with E-state index in [-0.39, 0.29) is 30.1 Å².